The van der Waals surface area contributed by atoms with Gasteiger partial charge in [0.15, 0.2) is 43.8 Å². The van der Waals surface area contributed by atoms with E-state index in [1.54, 1.807) is 0 Å². The number of hydrogen-bond donors (Lipinski definition) is 20. The van der Waals surface area contributed by atoms with Crippen molar-refractivity contribution in [2.45, 2.75) is 184 Å². The van der Waals surface area contributed by atoms with Gasteiger partial charge >= 0.3 is 5.97 Å². The Morgan fingerprint density at radius 3 is 0.912 bits per heavy atom. The fourth-order valence-electron chi connectivity index (χ4n) is 8.49. The van der Waals surface area contributed by atoms with Crippen molar-refractivity contribution in [3.05, 3.63) is 0 Å². The lowest BCUT2D eigenvalue weighted by Crippen LogP contribution is -2.68. The summed E-state index contributed by atoms with van der Waals surface area (Å²) in [5, 5.41) is 209. The molecule has 32 heteroatoms. The van der Waals surface area contributed by atoms with Gasteiger partial charge in [0.1, 0.15) is 140 Å². The number of carboxylic acids is 1. The van der Waals surface area contributed by atoms with Crippen LogP contribution >= 0.6 is 0 Å². The molecule has 30 atom stereocenters. The average Bonchev–Trinajstić information content (AvgIpc) is 3.32. The highest BCUT2D eigenvalue weighted by molar-refractivity contribution is 5.73. The van der Waals surface area contributed by atoms with Gasteiger partial charge < -0.3 is 154 Å². The molecule has 6 fully saturated rings. The zero-order valence-corrected chi connectivity index (χ0v) is 35.2. The summed E-state index contributed by atoms with van der Waals surface area (Å²) in [4.78, 5) is 12.5. The van der Waals surface area contributed by atoms with E-state index in [4.69, 9.17) is 52.1 Å². The summed E-state index contributed by atoms with van der Waals surface area (Å²) in [6, 6.07) is 0. The van der Waals surface area contributed by atoms with Crippen molar-refractivity contribution in [2.75, 3.05) is 33.0 Å². The second-order valence-electron chi connectivity index (χ2n) is 16.8. The number of aliphatic carboxylic acids is 1. The highest BCUT2D eigenvalue weighted by Gasteiger charge is 2.58. The van der Waals surface area contributed by atoms with Gasteiger partial charge in [0.25, 0.3) is 0 Å². The van der Waals surface area contributed by atoms with E-state index >= 15 is 0 Å². The van der Waals surface area contributed by atoms with Crippen molar-refractivity contribution in [1.29, 1.82) is 0 Å². The number of carbonyl (C=O) groups is 1. The molecule has 68 heavy (non-hydrogen) atoms. The number of carboxylic acid groups (broad SMARTS) is 1. The number of aliphatic hydroxyl groups is 19. The maximum Gasteiger partial charge on any atom is 0.335 e. The van der Waals surface area contributed by atoms with Gasteiger partial charge in [-0.1, -0.05) is 0 Å². The molecule has 6 aliphatic rings. The Hall–Kier alpha value is -1.73. The van der Waals surface area contributed by atoms with E-state index in [2.05, 4.69) is 0 Å². The number of aliphatic hydroxyl groups excluding tert-OH is 19. The van der Waals surface area contributed by atoms with E-state index in [-0.39, 0.29) is 0 Å². The third-order valence-corrected chi connectivity index (χ3v) is 12.4. The summed E-state index contributed by atoms with van der Waals surface area (Å²) < 4.78 is 59.7. The van der Waals surface area contributed by atoms with E-state index in [1.807, 2.05) is 0 Å². The molecule has 20 N–H and O–H groups in total. The normalized spacial score (nSPS) is 52.7. The van der Waals surface area contributed by atoms with Gasteiger partial charge in [0.2, 0.25) is 0 Å². The molecule has 32 nitrogen and oxygen atoms in total. The first-order valence-electron chi connectivity index (χ1n) is 21.1. The van der Waals surface area contributed by atoms with Crippen LogP contribution in [0.5, 0.6) is 0 Å². The van der Waals surface area contributed by atoms with Gasteiger partial charge in [-0.05, 0) is 0 Å². The fraction of sp³-hybridized carbons (Fsp3) is 0.972. The molecule has 0 amide bonds. The molecule has 6 heterocycles. The summed E-state index contributed by atoms with van der Waals surface area (Å²) in [6.45, 7) is -4.86. The molecule has 30 unspecified atom stereocenters. The van der Waals surface area contributed by atoms with Crippen molar-refractivity contribution >= 4 is 5.97 Å². The second kappa shape index (κ2) is 23.4. The lowest BCUT2D eigenvalue weighted by atomic mass is 9.95. The number of hydrogen-bond acceptors (Lipinski definition) is 31. The molecule has 0 aliphatic carbocycles. The highest BCUT2D eigenvalue weighted by atomic mass is 16.8. The van der Waals surface area contributed by atoms with Crippen LogP contribution in [-0.4, -0.2) is 325 Å². The van der Waals surface area contributed by atoms with Gasteiger partial charge in [-0.2, -0.15) is 0 Å². The van der Waals surface area contributed by atoms with Gasteiger partial charge in [-0.25, -0.2) is 4.79 Å². The highest BCUT2D eigenvalue weighted by Crippen LogP contribution is 2.36. The maximum atomic E-state index is 12.5. The van der Waals surface area contributed by atoms with Crippen molar-refractivity contribution in [1.82, 2.24) is 0 Å². The molecule has 0 saturated carbocycles. The Morgan fingerprint density at radius 2 is 0.574 bits per heavy atom. The summed E-state index contributed by atoms with van der Waals surface area (Å²) in [7, 11) is 0. The van der Waals surface area contributed by atoms with Crippen LogP contribution in [0, 0.1) is 0 Å². The van der Waals surface area contributed by atoms with Gasteiger partial charge in [0.05, 0.1) is 33.0 Å². The molecule has 396 valence electrons. The van der Waals surface area contributed by atoms with Gasteiger partial charge in [-0.3, -0.25) is 0 Å². The van der Waals surface area contributed by atoms with Crippen LogP contribution in [0.3, 0.4) is 0 Å². The summed E-state index contributed by atoms with van der Waals surface area (Å²) in [6.07, 6.45) is -59.6. The standard InChI is InChI=1S/C36H60O32/c37-1-6-11(42)12(43)19(50)32(59-6)64-25-9(4-40)62-35(22(53)16(25)47)67-28-17(48)23(54)36(68-29(28)30(55)56)66-27-10(5-41)61-34(21(52)15(27)46)65-26-8(3-39)60-33(20(51)14(26)45)63-24-7(2-38)58-31(57)18(49)13(24)44/h6-29,31-54,57H,1-5H2,(H,55,56). The molecule has 0 radical (unpaired) electrons. The average molecular weight is 1000 g/mol. The van der Waals surface area contributed by atoms with E-state index < -0.39 is 223 Å². The molecule has 0 aromatic heterocycles. The minimum absolute atomic E-state index is 0.859. The lowest BCUT2D eigenvalue weighted by molar-refractivity contribution is -0.393. The topological polar surface area (TPSA) is 523 Å². The largest absolute Gasteiger partial charge is 0.479 e. The van der Waals surface area contributed by atoms with Crippen LogP contribution in [-0.2, 0) is 56.9 Å². The molecule has 0 spiro atoms. The fourth-order valence-corrected chi connectivity index (χ4v) is 8.49. The molecule has 0 aromatic rings. The SMILES string of the molecule is O=C(O)C1OC(OC2C(CO)OC(OC3C(CO)OC(OC4C(CO)OC(O)C(O)C4O)C(O)C3O)C(O)C2O)C(O)C(O)C1OC1OC(CO)C(OC2OC(CO)C(O)C(O)C2O)C(O)C1O. The lowest BCUT2D eigenvalue weighted by Gasteiger charge is -2.49. The van der Waals surface area contributed by atoms with Crippen LogP contribution in [0.15, 0.2) is 0 Å². The quantitative estimate of drug-likeness (QED) is 0.0683. The van der Waals surface area contributed by atoms with Crippen molar-refractivity contribution in [3.8, 4) is 0 Å². The van der Waals surface area contributed by atoms with E-state index in [0.717, 1.165) is 0 Å². The Kier molecular flexibility index (Phi) is 19.2. The van der Waals surface area contributed by atoms with Gasteiger partial charge in [-0.15, -0.1) is 0 Å². The van der Waals surface area contributed by atoms with Crippen molar-refractivity contribution < 1.29 is 159 Å². The molecular weight excluding hydrogens is 944 g/mol. The van der Waals surface area contributed by atoms with Crippen LogP contribution in [0.4, 0.5) is 0 Å². The predicted octanol–water partition coefficient (Wildman–Crippen LogP) is -14.0. The van der Waals surface area contributed by atoms with Crippen molar-refractivity contribution in [2.24, 2.45) is 0 Å². The molecule has 0 bridgehead atoms. The third kappa shape index (κ3) is 11.1. The minimum Gasteiger partial charge on any atom is -0.479 e. The molecule has 6 saturated heterocycles. The Bertz CT molecular complexity index is 1580. The van der Waals surface area contributed by atoms with Crippen LogP contribution in [0.25, 0.3) is 0 Å². The number of ether oxygens (including phenoxy) is 11. The Balaban J connectivity index is 1.09. The first-order chi connectivity index (χ1) is 32.1. The summed E-state index contributed by atoms with van der Waals surface area (Å²) in [5.74, 6) is -1.91. The van der Waals surface area contributed by atoms with Crippen LogP contribution in [0.2, 0.25) is 0 Å². The maximum absolute atomic E-state index is 12.5. The van der Waals surface area contributed by atoms with E-state index in [9.17, 15) is 107 Å². The zero-order valence-electron chi connectivity index (χ0n) is 35.2. The summed E-state index contributed by atoms with van der Waals surface area (Å²) in [5.41, 5.74) is 0. The second-order valence-corrected chi connectivity index (χ2v) is 16.8. The molecular formula is C36H60O32. The Morgan fingerprint density at radius 1 is 0.309 bits per heavy atom. The number of rotatable bonds is 16. The minimum atomic E-state index is -2.36. The first-order valence-corrected chi connectivity index (χ1v) is 21.1. The third-order valence-electron chi connectivity index (χ3n) is 12.4. The van der Waals surface area contributed by atoms with Gasteiger partial charge in [0, 0.05) is 0 Å². The molecule has 6 aliphatic heterocycles. The Labute approximate surface area is 382 Å². The van der Waals surface area contributed by atoms with E-state index in [0.29, 0.717) is 0 Å². The summed E-state index contributed by atoms with van der Waals surface area (Å²) >= 11 is 0. The molecule has 6 rings (SSSR count). The predicted molar refractivity (Wildman–Crippen MR) is 200 cm³/mol. The zero-order chi connectivity index (χ0) is 50.2. The van der Waals surface area contributed by atoms with Crippen LogP contribution < -0.4 is 0 Å². The smallest absolute Gasteiger partial charge is 0.335 e. The van der Waals surface area contributed by atoms with Crippen molar-refractivity contribution in [3.63, 3.8) is 0 Å². The van der Waals surface area contributed by atoms with E-state index in [1.165, 1.54) is 0 Å². The van der Waals surface area contributed by atoms with Crippen LogP contribution in [0.1, 0.15) is 0 Å². The molecule has 0 aromatic carbocycles. The monoisotopic (exact) mass is 1000 g/mol. The first kappa shape index (κ1) is 55.6.